The highest BCUT2D eigenvalue weighted by Crippen LogP contribution is 2.26. The highest BCUT2D eigenvalue weighted by Gasteiger charge is 2.23. The van der Waals surface area contributed by atoms with Gasteiger partial charge in [-0.3, -0.25) is 9.69 Å². The zero-order chi connectivity index (χ0) is 18.5. The van der Waals surface area contributed by atoms with E-state index in [0.717, 1.165) is 44.1 Å². The number of nitrogens with one attached hydrogen (secondary N) is 1. The van der Waals surface area contributed by atoms with Crippen LogP contribution in [0.1, 0.15) is 55.2 Å². The number of fused-ring (bicyclic) bond motifs is 1. The van der Waals surface area contributed by atoms with Crippen molar-refractivity contribution in [3.8, 4) is 0 Å². The third kappa shape index (κ3) is 4.56. The van der Waals surface area contributed by atoms with Crippen molar-refractivity contribution in [2.75, 3.05) is 19.6 Å². The van der Waals surface area contributed by atoms with Crippen molar-refractivity contribution in [1.29, 1.82) is 0 Å². The standard InChI is InChI=1S/C21H29N5O/c27-21(22-14-20-24-23-19-11-5-2-6-13-26(19)20)16-25-12-7-10-18(15-25)17-8-3-1-4-9-17/h1,3-4,8-9,18H,2,5-7,10-16H2,(H,22,27). The second-order valence-electron chi connectivity index (χ2n) is 7.76. The first kappa shape index (κ1) is 18.2. The summed E-state index contributed by atoms with van der Waals surface area (Å²) in [6, 6.07) is 10.7. The van der Waals surface area contributed by atoms with Gasteiger partial charge in [0.25, 0.3) is 0 Å². The van der Waals surface area contributed by atoms with Crippen LogP contribution in [0, 0.1) is 0 Å². The number of amides is 1. The molecular formula is C21H29N5O. The van der Waals surface area contributed by atoms with Gasteiger partial charge < -0.3 is 9.88 Å². The summed E-state index contributed by atoms with van der Waals surface area (Å²) in [5.41, 5.74) is 1.38. The molecule has 4 rings (SSSR count). The molecule has 0 spiro atoms. The number of aromatic nitrogens is 3. The molecular weight excluding hydrogens is 338 g/mol. The van der Waals surface area contributed by atoms with Gasteiger partial charge in [0.2, 0.25) is 5.91 Å². The van der Waals surface area contributed by atoms with Gasteiger partial charge in [-0.15, -0.1) is 10.2 Å². The van der Waals surface area contributed by atoms with E-state index in [1.165, 1.54) is 31.2 Å². The number of likely N-dealkylation sites (tertiary alicyclic amines) is 1. The van der Waals surface area contributed by atoms with Crippen LogP contribution in [0.15, 0.2) is 30.3 Å². The predicted molar refractivity (Wildman–Crippen MR) is 104 cm³/mol. The molecule has 144 valence electrons. The lowest BCUT2D eigenvalue weighted by molar-refractivity contribution is -0.122. The van der Waals surface area contributed by atoms with Gasteiger partial charge in [-0.25, -0.2) is 0 Å². The molecule has 1 N–H and O–H groups in total. The number of benzene rings is 1. The summed E-state index contributed by atoms with van der Waals surface area (Å²) in [6.45, 7) is 3.86. The summed E-state index contributed by atoms with van der Waals surface area (Å²) in [6.07, 6.45) is 6.93. The number of hydrogen-bond donors (Lipinski definition) is 1. The van der Waals surface area contributed by atoms with Crippen molar-refractivity contribution in [2.45, 2.75) is 57.5 Å². The van der Waals surface area contributed by atoms with E-state index in [9.17, 15) is 4.79 Å². The molecule has 0 saturated carbocycles. The maximum absolute atomic E-state index is 12.5. The van der Waals surface area contributed by atoms with Crippen molar-refractivity contribution in [3.05, 3.63) is 47.5 Å². The number of hydrogen-bond acceptors (Lipinski definition) is 4. The Kier molecular flexibility index (Phi) is 5.82. The molecule has 3 heterocycles. The van der Waals surface area contributed by atoms with Crippen molar-refractivity contribution in [1.82, 2.24) is 25.0 Å². The first-order valence-electron chi connectivity index (χ1n) is 10.2. The SMILES string of the molecule is O=C(CN1CCCC(c2ccccc2)C1)NCc1nnc2n1CCCCC2. The van der Waals surface area contributed by atoms with E-state index in [1.807, 2.05) is 0 Å². The molecule has 1 unspecified atom stereocenters. The molecule has 6 heteroatoms. The second kappa shape index (κ2) is 8.65. The average molecular weight is 367 g/mol. The lowest BCUT2D eigenvalue weighted by Crippen LogP contribution is -2.42. The monoisotopic (exact) mass is 367 g/mol. The normalized spacial score (nSPS) is 20.7. The molecule has 2 aliphatic rings. The summed E-state index contributed by atoms with van der Waals surface area (Å²) in [5, 5.41) is 11.7. The maximum atomic E-state index is 12.5. The van der Waals surface area contributed by atoms with Crippen LogP contribution in [0.25, 0.3) is 0 Å². The maximum Gasteiger partial charge on any atom is 0.234 e. The Morgan fingerprint density at radius 1 is 1.07 bits per heavy atom. The van der Waals surface area contributed by atoms with Gasteiger partial charge in [0.15, 0.2) is 5.82 Å². The minimum Gasteiger partial charge on any atom is -0.348 e. The summed E-state index contributed by atoms with van der Waals surface area (Å²) in [4.78, 5) is 14.8. The molecule has 2 aliphatic heterocycles. The first-order chi connectivity index (χ1) is 13.3. The predicted octanol–water partition coefficient (Wildman–Crippen LogP) is 2.50. The Balaban J connectivity index is 1.29. The van der Waals surface area contributed by atoms with Gasteiger partial charge in [-0.2, -0.15) is 0 Å². The van der Waals surface area contributed by atoms with E-state index in [-0.39, 0.29) is 5.91 Å². The molecule has 1 aromatic carbocycles. The molecule has 0 bridgehead atoms. The largest absolute Gasteiger partial charge is 0.348 e. The lowest BCUT2D eigenvalue weighted by atomic mass is 9.91. The smallest absolute Gasteiger partial charge is 0.234 e. The molecule has 1 aromatic heterocycles. The van der Waals surface area contributed by atoms with E-state index in [2.05, 4.69) is 55.3 Å². The highest BCUT2D eigenvalue weighted by atomic mass is 16.2. The molecule has 0 aliphatic carbocycles. The lowest BCUT2D eigenvalue weighted by Gasteiger charge is -2.32. The van der Waals surface area contributed by atoms with Gasteiger partial charge in [0, 0.05) is 19.5 Å². The molecule has 6 nitrogen and oxygen atoms in total. The molecule has 1 fully saturated rings. The van der Waals surface area contributed by atoms with Gasteiger partial charge in [0.1, 0.15) is 5.82 Å². The van der Waals surface area contributed by atoms with Crippen LogP contribution in [0.4, 0.5) is 0 Å². The number of nitrogens with zero attached hydrogens (tertiary/aromatic N) is 4. The second-order valence-corrected chi connectivity index (χ2v) is 7.76. The molecule has 1 amide bonds. The Hall–Kier alpha value is -2.21. The molecule has 1 saturated heterocycles. The minimum atomic E-state index is 0.0784. The van der Waals surface area contributed by atoms with Crippen molar-refractivity contribution < 1.29 is 4.79 Å². The molecule has 1 atom stereocenters. The zero-order valence-electron chi connectivity index (χ0n) is 15.9. The summed E-state index contributed by atoms with van der Waals surface area (Å²) < 4.78 is 2.19. The van der Waals surface area contributed by atoms with E-state index in [1.54, 1.807) is 0 Å². The van der Waals surface area contributed by atoms with Crippen LogP contribution >= 0.6 is 0 Å². The van der Waals surface area contributed by atoms with Gasteiger partial charge in [-0.05, 0) is 43.7 Å². The molecule has 0 radical (unpaired) electrons. The third-order valence-electron chi connectivity index (χ3n) is 5.77. The minimum absolute atomic E-state index is 0.0784. The highest BCUT2D eigenvalue weighted by molar-refractivity contribution is 5.77. The number of aryl methyl sites for hydroxylation is 1. The average Bonchev–Trinajstić information content (AvgIpc) is 2.93. The van der Waals surface area contributed by atoms with Crippen LogP contribution in [-0.4, -0.2) is 45.2 Å². The van der Waals surface area contributed by atoms with Crippen LogP contribution in [-0.2, 0) is 24.3 Å². The van der Waals surface area contributed by atoms with Crippen molar-refractivity contribution in [2.24, 2.45) is 0 Å². The van der Waals surface area contributed by atoms with E-state index in [0.29, 0.717) is 19.0 Å². The Morgan fingerprint density at radius 2 is 1.96 bits per heavy atom. The summed E-state index contributed by atoms with van der Waals surface area (Å²) in [7, 11) is 0. The Labute approximate surface area is 161 Å². The number of rotatable bonds is 5. The van der Waals surface area contributed by atoms with E-state index < -0.39 is 0 Å². The van der Waals surface area contributed by atoms with Crippen LogP contribution in [0.5, 0.6) is 0 Å². The van der Waals surface area contributed by atoms with Gasteiger partial charge in [0.05, 0.1) is 13.1 Å². The number of carbonyl (C=O) groups is 1. The first-order valence-corrected chi connectivity index (χ1v) is 10.2. The van der Waals surface area contributed by atoms with Crippen LogP contribution < -0.4 is 5.32 Å². The fourth-order valence-electron chi connectivity index (χ4n) is 4.31. The van der Waals surface area contributed by atoms with Crippen molar-refractivity contribution in [3.63, 3.8) is 0 Å². The fraction of sp³-hybridized carbons (Fsp3) is 0.571. The summed E-state index contributed by atoms with van der Waals surface area (Å²) >= 11 is 0. The Bertz CT molecular complexity index is 757. The topological polar surface area (TPSA) is 63.1 Å². The number of piperidine rings is 1. The quantitative estimate of drug-likeness (QED) is 0.882. The molecule has 2 aromatic rings. The molecule has 27 heavy (non-hydrogen) atoms. The van der Waals surface area contributed by atoms with E-state index in [4.69, 9.17) is 0 Å². The third-order valence-corrected chi connectivity index (χ3v) is 5.77. The van der Waals surface area contributed by atoms with Gasteiger partial charge >= 0.3 is 0 Å². The Morgan fingerprint density at radius 3 is 2.85 bits per heavy atom. The van der Waals surface area contributed by atoms with Crippen molar-refractivity contribution >= 4 is 5.91 Å². The zero-order valence-corrected chi connectivity index (χ0v) is 15.9. The number of carbonyl (C=O) groups excluding carboxylic acids is 1. The van der Waals surface area contributed by atoms with Gasteiger partial charge in [-0.1, -0.05) is 36.8 Å². The van der Waals surface area contributed by atoms with Crippen LogP contribution in [0.3, 0.4) is 0 Å². The fourth-order valence-corrected chi connectivity index (χ4v) is 4.31. The van der Waals surface area contributed by atoms with E-state index >= 15 is 0 Å². The van der Waals surface area contributed by atoms with Crippen LogP contribution in [0.2, 0.25) is 0 Å². The summed E-state index contributed by atoms with van der Waals surface area (Å²) in [5.74, 6) is 2.56.